The Morgan fingerprint density at radius 2 is 2.08 bits per heavy atom. The number of ether oxygens (including phenoxy) is 2. The molecule has 0 N–H and O–H groups in total. The van der Waals surface area contributed by atoms with Crippen molar-refractivity contribution >= 4 is 18.0 Å². The van der Waals surface area contributed by atoms with Gasteiger partial charge in [0.1, 0.15) is 18.2 Å². The summed E-state index contributed by atoms with van der Waals surface area (Å²) in [7, 11) is 1.47. The van der Waals surface area contributed by atoms with Gasteiger partial charge in [0.2, 0.25) is 0 Å². The number of hydrogen-bond donors (Lipinski definition) is 0. The first-order chi connectivity index (χ1) is 12.1. The number of nitrogens with zero attached hydrogens (tertiary/aromatic N) is 2. The summed E-state index contributed by atoms with van der Waals surface area (Å²) in [6, 6.07) is 11.3. The maximum atomic E-state index is 11.9. The molecule has 7 nitrogen and oxygen atoms in total. The van der Waals surface area contributed by atoms with E-state index in [-0.39, 0.29) is 24.4 Å². The van der Waals surface area contributed by atoms with Crippen LogP contribution in [-0.2, 0) is 14.3 Å². The number of carboxylic acids is 1. The summed E-state index contributed by atoms with van der Waals surface area (Å²) in [4.78, 5) is 22.9. The predicted octanol–water partition coefficient (Wildman–Crippen LogP) is 0.937. The first kappa shape index (κ1) is 18.0. The van der Waals surface area contributed by atoms with Crippen molar-refractivity contribution < 1.29 is 24.2 Å². The van der Waals surface area contributed by atoms with Gasteiger partial charge in [0.15, 0.2) is 0 Å². The van der Waals surface area contributed by atoms with Gasteiger partial charge < -0.3 is 23.9 Å². The Labute approximate surface area is 144 Å². The van der Waals surface area contributed by atoms with Crippen LogP contribution >= 0.6 is 0 Å². The second-order valence-electron chi connectivity index (χ2n) is 4.94. The van der Waals surface area contributed by atoms with E-state index in [0.29, 0.717) is 11.4 Å². The Morgan fingerprint density at radius 3 is 2.76 bits per heavy atom. The molecule has 2 aromatic rings. The Balaban J connectivity index is 2.31. The van der Waals surface area contributed by atoms with Crippen LogP contribution < -0.4 is 5.11 Å². The van der Waals surface area contributed by atoms with E-state index < -0.39 is 11.9 Å². The molecule has 0 spiro atoms. The normalized spacial score (nSPS) is 11.0. The molecule has 25 heavy (non-hydrogen) atoms. The van der Waals surface area contributed by atoms with Crippen molar-refractivity contribution in [3.8, 4) is 11.8 Å². The quantitative estimate of drug-likeness (QED) is 0.322. The van der Waals surface area contributed by atoms with E-state index in [9.17, 15) is 20.0 Å². The van der Waals surface area contributed by atoms with Crippen molar-refractivity contribution in [2.75, 3.05) is 20.3 Å². The van der Waals surface area contributed by atoms with Crippen LogP contribution in [0.5, 0.6) is 0 Å². The molecule has 0 radical (unpaired) electrons. The minimum Gasteiger partial charge on any atom is -0.545 e. The predicted molar refractivity (Wildman–Crippen MR) is 86.5 cm³/mol. The van der Waals surface area contributed by atoms with Crippen LogP contribution in [0.25, 0.3) is 11.8 Å². The van der Waals surface area contributed by atoms with E-state index in [1.807, 2.05) is 0 Å². The number of rotatable bonds is 7. The molecule has 0 saturated carbocycles. The molecular formula is C18H15N2O5-. The fraction of sp³-hybridized carbons (Fsp3) is 0.167. The molecule has 0 unspecified atom stereocenters. The fourth-order valence-electron chi connectivity index (χ4n) is 2.11. The highest BCUT2D eigenvalue weighted by atomic mass is 16.6. The van der Waals surface area contributed by atoms with Gasteiger partial charge in [-0.05, 0) is 35.9 Å². The van der Waals surface area contributed by atoms with Gasteiger partial charge in [-0.15, -0.1) is 0 Å². The summed E-state index contributed by atoms with van der Waals surface area (Å²) >= 11 is 0. The summed E-state index contributed by atoms with van der Waals surface area (Å²) in [5.41, 5.74) is 0.937. The minimum absolute atomic E-state index is 0.0283. The Morgan fingerprint density at radius 1 is 1.28 bits per heavy atom. The van der Waals surface area contributed by atoms with E-state index in [0.717, 1.165) is 0 Å². The molecule has 0 saturated heterocycles. The zero-order valence-electron chi connectivity index (χ0n) is 13.5. The van der Waals surface area contributed by atoms with Gasteiger partial charge in [-0.25, -0.2) is 4.79 Å². The molecule has 0 bridgehead atoms. The van der Waals surface area contributed by atoms with Gasteiger partial charge >= 0.3 is 5.97 Å². The van der Waals surface area contributed by atoms with E-state index in [1.165, 1.54) is 25.3 Å². The first-order valence-electron chi connectivity index (χ1n) is 7.34. The topological polar surface area (TPSA) is 104 Å². The highest BCUT2D eigenvalue weighted by Crippen LogP contribution is 2.17. The van der Waals surface area contributed by atoms with E-state index in [2.05, 4.69) is 0 Å². The molecule has 1 aromatic heterocycles. The summed E-state index contributed by atoms with van der Waals surface area (Å²) in [6.45, 7) is 0.278. The van der Waals surface area contributed by atoms with Crippen molar-refractivity contribution in [2.45, 2.75) is 0 Å². The molecule has 128 valence electrons. The molecule has 0 fully saturated rings. The van der Waals surface area contributed by atoms with Crippen molar-refractivity contribution in [1.29, 1.82) is 5.26 Å². The first-order valence-corrected chi connectivity index (χ1v) is 7.34. The molecule has 2 rings (SSSR count). The summed E-state index contributed by atoms with van der Waals surface area (Å²) in [5, 5.41) is 20.2. The van der Waals surface area contributed by atoms with Crippen molar-refractivity contribution in [1.82, 2.24) is 4.57 Å². The number of nitriles is 1. The minimum atomic E-state index is -1.29. The van der Waals surface area contributed by atoms with Gasteiger partial charge in [0.05, 0.1) is 12.6 Å². The van der Waals surface area contributed by atoms with Crippen LogP contribution in [0, 0.1) is 11.3 Å². The zero-order valence-corrected chi connectivity index (χ0v) is 13.5. The number of aromatic nitrogens is 1. The highest BCUT2D eigenvalue weighted by molar-refractivity contribution is 5.97. The number of methoxy groups -OCH3 is 1. The summed E-state index contributed by atoms with van der Waals surface area (Å²) in [5.74, 6) is -2.04. The number of esters is 1. The van der Waals surface area contributed by atoms with Gasteiger partial charge in [0.25, 0.3) is 0 Å². The zero-order chi connectivity index (χ0) is 18.2. The molecule has 0 amide bonds. The standard InChI is InChI=1S/C18H16N2O5/c1-24-8-9-25-18(23)14(12-19)11-16-6-3-7-20(16)15-5-2-4-13(10-15)17(21)22/h2-7,10-11H,8-9H2,1H3,(H,21,22)/p-1/b14-11+. The lowest BCUT2D eigenvalue weighted by Crippen LogP contribution is -2.22. The van der Waals surface area contributed by atoms with Gasteiger partial charge in [-0.2, -0.15) is 5.26 Å². The van der Waals surface area contributed by atoms with Crippen LogP contribution in [-0.4, -0.2) is 36.8 Å². The molecule has 0 aliphatic carbocycles. The van der Waals surface area contributed by atoms with Crippen molar-refractivity contribution in [3.05, 3.63) is 59.4 Å². The largest absolute Gasteiger partial charge is 0.545 e. The molecule has 0 aliphatic heterocycles. The summed E-state index contributed by atoms with van der Waals surface area (Å²) in [6.07, 6.45) is 3.06. The third-order valence-corrected chi connectivity index (χ3v) is 3.29. The fourth-order valence-corrected chi connectivity index (χ4v) is 2.11. The van der Waals surface area contributed by atoms with Crippen LogP contribution in [0.1, 0.15) is 16.1 Å². The van der Waals surface area contributed by atoms with Crippen molar-refractivity contribution in [2.24, 2.45) is 0 Å². The molecular weight excluding hydrogens is 324 g/mol. The average molecular weight is 339 g/mol. The molecule has 1 heterocycles. The lowest BCUT2D eigenvalue weighted by Gasteiger charge is -2.10. The van der Waals surface area contributed by atoms with E-state index in [4.69, 9.17) is 9.47 Å². The highest BCUT2D eigenvalue weighted by Gasteiger charge is 2.12. The van der Waals surface area contributed by atoms with Crippen LogP contribution in [0.3, 0.4) is 0 Å². The van der Waals surface area contributed by atoms with Gasteiger partial charge in [-0.1, -0.05) is 12.1 Å². The number of carbonyl (C=O) groups excluding carboxylic acids is 2. The number of carboxylic acid groups (broad SMARTS) is 1. The lowest BCUT2D eigenvalue weighted by atomic mass is 10.2. The van der Waals surface area contributed by atoms with E-state index in [1.54, 1.807) is 41.1 Å². The van der Waals surface area contributed by atoms with Gasteiger partial charge in [-0.3, -0.25) is 0 Å². The Bertz CT molecular complexity index is 845. The third kappa shape index (κ3) is 4.56. The molecule has 0 aliphatic rings. The second kappa shape index (κ2) is 8.47. The SMILES string of the molecule is COCCOC(=O)/C(C#N)=C/c1cccn1-c1cccc(C(=O)[O-])c1. The lowest BCUT2D eigenvalue weighted by molar-refractivity contribution is -0.255. The monoisotopic (exact) mass is 339 g/mol. The van der Waals surface area contributed by atoms with E-state index >= 15 is 0 Å². The average Bonchev–Trinajstić information content (AvgIpc) is 3.08. The third-order valence-electron chi connectivity index (χ3n) is 3.29. The molecule has 7 heteroatoms. The molecule has 0 atom stereocenters. The maximum Gasteiger partial charge on any atom is 0.349 e. The van der Waals surface area contributed by atoms with Crippen LogP contribution in [0.15, 0.2) is 48.2 Å². The Hall–Kier alpha value is -3.37. The molecule has 1 aromatic carbocycles. The number of carbonyl (C=O) groups is 2. The van der Waals surface area contributed by atoms with Crippen LogP contribution in [0.4, 0.5) is 0 Å². The maximum absolute atomic E-state index is 11.9. The van der Waals surface area contributed by atoms with Gasteiger partial charge in [0, 0.05) is 24.7 Å². The number of benzene rings is 1. The summed E-state index contributed by atoms with van der Waals surface area (Å²) < 4.78 is 11.4. The van der Waals surface area contributed by atoms with Crippen LogP contribution in [0.2, 0.25) is 0 Å². The Kier molecular flexibility index (Phi) is 6.09. The van der Waals surface area contributed by atoms with Crippen molar-refractivity contribution in [3.63, 3.8) is 0 Å². The second-order valence-corrected chi connectivity index (χ2v) is 4.94. The number of hydrogen-bond acceptors (Lipinski definition) is 6. The number of aromatic carboxylic acids is 1. The smallest absolute Gasteiger partial charge is 0.349 e.